The lowest BCUT2D eigenvalue weighted by Gasteiger charge is -2.41. The first-order valence-electron chi connectivity index (χ1n) is 16.9. The molecule has 0 aromatic carbocycles. The normalized spacial score (nSPS) is 30.8. The highest BCUT2D eigenvalue weighted by molar-refractivity contribution is 5.95. The van der Waals surface area contributed by atoms with E-state index in [1.165, 1.54) is 4.68 Å². The molecule has 5 aliphatic heterocycles. The number of hydrogen-bond acceptors (Lipinski definition) is 9. The van der Waals surface area contributed by atoms with Crippen molar-refractivity contribution >= 4 is 22.5 Å². The van der Waals surface area contributed by atoms with Gasteiger partial charge in [0, 0.05) is 44.1 Å². The van der Waals surface area contributed by atoms with E-state index >= 15 is 0 Å². The lowest BCUT2D eigenvalue weighted by Crippen LogP contribution is -2.47. The molecule has 3 aromatic heterocycles. The van der Waals surface area contributed by atoms with Gasteiger partial charge in [0.05, 0.1) is 42.5 Å². The lowest BCUT2D eigenvalue weighted by atomic mass is 9.98. The van der Waals surface area contributed by atoms with Crippen molar-refractivity contribution in [2.24, 2.45) is 0 Å². The maximum Gasteiger partial charge on any atom is 0.435 e. The zero-order valence-electron chi connectivity index (χ0n) is 26.2. The van der Waals surface area contributed by atoms with Crippen molar-refractivity contribution in [3.05, 3.63) is 24.0 Å². The predicted molar refractivity (Wildman–Crippen MR) is 163 cm³/mol. The average molecular weight is 646 g/mol. The van der Waals surface area contributed by atoms with Gasteiger partial charge >= 0.3 is 6.18 Å². The van der Waals surface area contributed by atoms with Crippen LogP contribution in [0.4, 0.5) is 24.7 Å². The third-order valence-corrected chi connectivity index (χ3v) is 10.3. The Morgan fingerprint density at radius 1 is 0.913 bits per heavy atom. The van der Waals surface area contributed by atoms with Crippen molar-refractivity contribution in [2.45, 2.75) is 114 Å². The quantitative estimate of drug-likeness (QED) is 0.340. The number of anilines is 2. The number of aromatic nitrogens is 5. The Hall–Kier alpha value is -2.94. The first kappa shape index (κ1) is 30.4. The Bertz CT molecular complexity index is 1520. The zero-order valence-corrected chi connectivity index (χ0v) is 26.2. The van der Waals surface area contributed by atoms with Gasteiger partial charge in [0.15, 0.2) is 23.4 Å². The van der Waals surface area contributed by atoms with Gasteiger partial charge < -0.3 is 28.7 Å². The molecule has 0 amide bonds. The van der Waals surface area contributed by atoms with Crippen LogP contribution in [0, 0.1) is 0 Å². The maximum atomic E-state index is 14.9. The molecule has 5 saturated heterocycles. The summed E-state index contributed by atoms with van der Waals surface area (Å²) in [7, 11) is 0. The second-order valence-corrected chi connectivity index (χ2v) is 13.4. The van der Waals surface area contributed by atoms with Crippen molar-refractivity contribution in [2.75, 3.05) is 42.8 Å². The third kappa shape index (κ3) is 5.64. The molecule has 6 atom stereocenters. The molecule has 3 aromatic rings. The van der Waals surface area contributed by atoms with E-state index in [2.05, 4.69) is 26.9 Å². The van der Waals surface area contributed by atoms with Crippen LogP contribution < -0.4 is 9.80 Å². The van der Waals surface area contributed by atoms with Gasteiger partial charge in [0.25, 0.3) is 0 Å². The van der Waals surface area contributed by atoms with Crippen molar-refractivity contribution in [1.29, 1.82) is 0 Å². The van der Waals surface area contributed by atoms with E-state index in [9.17, 15) is 13.2 Å². The van der Waals surface area contributed by atoms with Crippen molar-refractivity contribution in [3.63, 3.8) is 0 Å². The Morgan fingerprint density at radius 3 is 2.39 bits per heavy atom. The molecule has 0 radical (unpaired) electrons. The SMILES string of the molecule is C[C@@H]1CC(OC2CCCCO2)CCN1c1cc(N2C3CCC2COC3)nc2c1c(C(F)(F)F)nn2-c1ccn(C2CCCCO2)n1. The molecule has 11 nitrogen and oxygen atoms in total. The topological polar surface area (TPSA) is 91.9 Å². The van der Waals surface area contributed by atoms with E-state index in [4.69, 9.17) is 23.9 Å². The number of alkyl halides is 3. The first-order valence-corrected chi connectivity index (χ1v) is 16.9. The van der Waals surface area contributed by atoms with Crippen LogP contribution in [0.3, 0.4) is 0 Å². The molecule has 0 N–H and O–H groups in total. The van der Waals surface area contributed by atoms with Gasteiger partial charge in [0.1, 0.15) is 12.0 Å². The molecule has 250 valence electrons. The number of pyridine rings is 1. The van der Waals surface area contributed by atoms with E-state index in [0.29, 0.717) is 57.3 Å². The minimum atomic E-state index is -4.70. The molecular formula is C32H42F3N7O4. The number of rotatable bonds is 6. The average Bonchev–Trinajstić information content (AvgIpc) is 3.76. The molecule has 0 spiro atoms. The van der Waals surface area contributed by atoms with E-state index in [0.717, 1.165) is 51.4 Å². The summed E-state index contributed by atoms with van der Waals surface area (Å²) in [4.78, 5) is 9.31. The van der Waals surface area contributed by atoms with E-state index in [1.807, 2.05) is 6.07 Å². The van der Waals surface area contributed by atoms with Gasteiger partial charge in [-0.05, 0) is 71.1 Å². The van der Waals surface area contributed by atoms with E-state index in [-0.39, 0.29) is 53.6 Å². The molecule has 8 heterocycles. The summed E-state index contributed by atoms with van der Waals surface area (Å²) in [6.45, 7) is 5.09. The fraction of sp³-hybridized carbons (Fsp3) is 0.719. The summed E-state index contributed by atoms with van der Waals surface area (Å²) >= 11 is 0. The highest BCUT2D eigenvalue weighted by Gasteiger charge is 2.43. The van der Waals surface area contributed by atoms with Crippen LogP contribution in [0.1, 0.15) is 83.1 Å². The molecule has 2 bridgehead atoms. The first-order chi connectivity index (χ1) is 22.3. The highest BCUT2D eigenvalue weighted by Crippen LogP contribution is 2.44. The van der Waals surface area contributed by atoms with Crippen LogP contribution in [-0.4, -0.2) is 88.0 Å². The minimum absolute atomic E-state index is 0.00200. The summed E-state index contributed by atoms with van der Waals surface area (Å²) in [5.74, 6) is 0.937. The minimum Gasteiger partial charge on any atom is -0.377 e. The van der Waals surface area contributed by atoms with Gasteiger partial charge in [0.2, 0.25) is 0 Å². The molecule has 8 rings (SSSR count). The number of halogens is 3. The standard InChI is InChI=1S/C32H42F3N7O4/c1-20-16-23(46-28-7-3-5-15-45-28)10-12-39(20)24-17-26(41-21-8-9-22(41)19-43-18-21)36-31-29(24)30(32(33,34)35)38-42(31)25-11-13-40(37-25)27-6-2-4-14-44-27/h11,13,17,20-23,27-28H,2-10,12,14-16,18-19H2,1H3/t20-,21?,22?,23?,27?,28?/m1/s1. The van der Waals surface area contributed by atoms with Gasteiger partial charge in [-0.2, -0.15) is 28.1 Å². The molecule has 14 heteroatoms. The molecule has 46 heavy (non-hydrogen) atoms. The lowest BCUT2D eigenvalue weighted by molar-refractivity contribution is -0.192. The summed E-state index contributed by atoms with van der Waals surface area (Å²) in [5.41, 5.74) is -0.299. The van der Waals surface area contributed by atoms with Gasteiger partial charge in [-0.25, -0.2) is 9.67 Å². The summed E-state index contributed by atoms with van der Waals surface area (Å²) in [5, 5.41) is 8.87. The zero-order chi connectivity index (χ0) is 31.4. The van der Waals surface area contributed by atoms with Gasteiger partial charge in [-0.1, -0.05) is 0 Å². The van der Waals surface area contributed by atoms with Crippen LogP contribution >= 0.6 is 0 Å². The van der Waals surface area contributed by atoms with Crippen molar-refractivity contribution < 1.29 is 32.1 Å². The summed E-state index contributed by atoms with van der Waals surface area (Å²) in [6.07, 6.45) is 5.66. The van der Waals surface area contributed by atoms with Gasteiger partial charge in [-0.3, -0.25) is 0 Å². The Labute approximate surface area is 265 Å². The smallest absolute Gasteiger partial charge is 0.377 e. The Kier molecular flexibility index (Phi) is 8.10. The number of ether oxygens (including phenoxy) is 4. The largest absolute Gasteiger partial charge is 0.435 e. The molecule has 5 aliphatic rings. The van der Waals surface area contributed by atoms with E-state index < -0.39 is 11.9 Å². The second kappa shape index (κ2) is 12.3. The van der Waals surface area contributed by atoms with Crippen LogP contribution in [0.25, 0.3) is 16.9 Å². The number of piperidine rings is 1. The second-order valence-electron chi connectivity index (χ2n) is 13.4. The number of morpholine rings is 1. The number of nitrogens with zero attached hydrogens (tertiary/aromatic N) is 7. The fourth-order valence-corrected chi connectivity index (χ4v) is 7.98. The van der Waals surface area contributed by atoms with Crippen LogP contribution in [-0.2, 0) is 25.1 Å². The molecular weight excluding hydrogens is 603 g/mol. The van der Waals surface area contributed by atoms with Crippen LogP contribution in [0.5, 0.6) is 0 Å². The Morgan fingerprint density at radius 2 is 1.70 bits per heavy atom. The van der Waals surface area contributed by atoms with Crippen molar-refractivity contribution in [3.8, 4) is 5.82 Å². The number of hydrogen-bond donors (Lipinski definition) is 0. The van der Waals surface area contributed by atoms with Crippen LogP contribution in [0.15, 0.2) is 18.3 Å². The molecule has 0 aliphatic carbocycles. The molecule has 5 unspecified atom stereocenters. The fourth-order valence-electron chi connectivity index (χ4n) is 7.98. The van der Waals surface area contributed by atoms with E-state index in [1.54, 1.807) is 16.9 Å². The predicted octanol–water partition coefficient (Wildman–Crippen LogP) is 5.60. The molecule has 5 fully saturated rings. The summed E-state index contributed by atoms with van der Waals surface area (Å²) < 4.78 is 71.4. The van der Waals surface area contributed by atoms with Gasteiger partial charge in [-0.15, -0.1) is 0 Å². The Balaban J connectivity index is 1.21. The monoisotopic (exact) mass is 645 g/mol. The van der Waals surface area contributed by atoms with Crippen LogP contribution in [0.2, 0.25) is 0 Å². The third-order valence-electron chi connectivity index (χ3n) is 10.3. The maximum absolute atomic E-state index is 14.9. The highest BCUT2D eigenvalue weighted by atomic mass is 19.4. The van der Waals surface area contributed by atoms with Crippen molar-refractivity contribution in [1.82, 2.24) is 24.5 Å². The molecule has 0 saturated carbocycles. The summed E-state index contributed by atoms with van der Waals surface area (Å²) in [6, 6.07) is 3.73. The number of fused-ring (bicyclic) bond motifs is 3.